The van der Waals surface area contributed by atoms with Crippen molar-refractivity contribution >= 4 is 5.97 Å². The molecule has 1 aliphatic carbocycles. The third kappa shape index (κ3) is 2.68. The third-order valence-electron chi connectivity index (χ3n) is 4.67. The largest absolute Gasteiger partial charge is 0.478 e. The first-order valence-corrected chi connectivity index (χ1v) is 6.97. The molecular weight excluding hydrogens is 224 g/mol. The summed E-state index contributed by atoms with van der Waals surface area (Å²) in [6.45, 7) is 10.5. The molecule has 1 rings (SSSR count). The van der Waals surface area contributed by atoms with Gasteiger partial charge in [0.1, 0.15) is 0 Å². The Kier molecular flexibility index (Phi) is 4.78. The molecule has 0 radical (unpaired) electrons. The van der Waals surface area contributed by atoms with Crippen molar-refractivity contribution < 1.29 is 9.90 Å². The number of aliphatic carboxylic acids is 1. The van der Waals surface area contributed by atoms with Crippen LogP contribution in [0, 0.1) is 11.3 Å². The second-order valence-electron chi connectivity index (χ2n) is 5.74. The SMILES string of the molecule is CCC(=C(C)C(=O)O)C1C(C)=CCCC1(C)CC. The summed E-state index contributed by atoms with van der Waals surface area (Å²) < 4.78 is 0. The molecule has 0 aromatic rings. The van der Waals surface area contributed by atoms with E-state index in [9.17, 15) is 9.90 Å². The molecule has 2 nitrogen and oxygen atoms in total. The van der Waals surface area contributed by atoms with Crippen molar-refractivity contribution in [1.29, 1.82) is 0 Å². The van der Waals surface area contributed by atoms with Gasteiger partial charge in [-0.05, 0) is 44.9 Å². The maximum Gasteiger partial charge on any atom is 0.331 e. The molecule has 0 fully saturated rings. The molecule has 1 aliphatic rings. The lowest BCUT2D eigenvalue weighted by Crippen LogP contribution is -2.32. The van der Waals surface area contributed by atoms with Crippen LogP contribution in [-0.2, 0) is 4.79 Å². The van der Waals surface area contributed by atoms with E-state index in [-0.39, 0.29) is 5.41 Å². The molecule has 0 aromatic heterocycles. The van der Waals surface area contributed by atoms with Crippen molar-refractivity contribution in [2.24, 2.45) is 11.3 Å². The Balaban J connectivity index is 3.32. The van der Waals surface area contributed by atoms with Crippen LogP contribution in [0.15, 0.2) is 22.8 Å². The summed E-state index contributed by atoms with van der Waals surface area (Å²) >= 11 is 0. The fraction of sp³-hybridized carbons (Fsp3) is 0.688. The third-order valence-corrected chi connectivity index (χ3v) is 4.67. The van der Waals surface area contributed by atoms with Crippen LogP contribution >= 0.6 is 0 Å². The van der Waals surface area contributed by atoms with Crippen LogP contribution in [0.25, 0.3) is 0 Å². The van der Waals surface area contributed by atoms with Gasteiger partial charge in [0.05, 0.1) is 0 Å². The van der Waals surface area contributed by atoms with Gasteiger partial charge in [0.15, 0.2) is 0 Å². The number of rotatable bonds is 4. The molecule has 0 amide bonds. The van der Waals surface area contributed by atoms with E-state index in [0.29, 0.717) is 11.5 Å². The summed E-state index contributed by atoms with van der Waals surface area (Å²) in [7, 11) is 0. The van der Waals surface area contributed by atoms with Gasteiger partial charge >= 0.3 is 5.97 Å². The van der Waals surface area contributed by atoms with Gasteiger partial charge < -0.3 is 5.11 Å². The zero-order valence-corrected chi connectivity index (χ0v) is 12.3. The Morgan fingerprint density at radius 3 is 2.56 bits per heavy atom. The molecule has 0 heterocycles. The zero-order valence-electron chi connectivity index (χ0n) is 12.3. The minimum Gasteiger partial charge on any atom is -0.478 e. The Morgan fingerprint density at radius 1 is 1.50 bits per heavy atom. The quantitative estimate of drug-likeness (QED) is 0.586. The van der Waals surface area contributed by atoms with Gasteiger partial charge in [-0.1, -0.05) is 38.0 Å². The van der Waals surface area contributed by atoms with Crippen molar-refractivity contribution in [3.63, 3.8) is 0 Å². The van der Waals surface area contributed by atoms with Gasteiger partial charge in [-0.15, -0.1) is 0 Å². The minimum absolute atomic E-state index is 0.209. The minimum atomic E-state index is -0.774. The maximum atomic E-state index is 11.3. The lowest BCUT2D eigenvalue weighted by atomic mass is 9.62. The first-order valence-electron chi connectivity index (χ1n) is 6.97. The van der Waals surface area contributed by atoms with Gasteiger partial charge in [0, 0.05) is 11.5 Å². The number of carboxylic acid groups (broad SMARTS) is 1. The smallest absolute Gasteiger partial charge is 0.331 e. The standard InChI is InChI=1S/C16H26O2/c1-6-13(12(4)15(17)18)14-11(3)9-8-10-16(14,5)7-2/h9,14H,6-8,10H2,1-5H3,(H,17,18). The monoisotopic (exact) mass is 250 g/mol. The van der Waals surface area contributed by atoms with E-state index in [1.165, 1.54) is 5.57 Å². The van der Waals surface area contributed by atoms with Crippen molar-refractivity contribution in [2.45, 2.75) is 60.3 Å². The van der Waals surface area contributed by atoms with E-state index < -0.39 is 5.97 Å². The number of allylic oxidation sites excluding steroid dienone is 3. The van der Waals surface area contributed by atoms with Crippen molar-refractivity contribution in [2.75, 3.05) is 0 Å². The van der Waals surface area contributed by atoms with Crippen molar-refractivity contribution in [3.05, 3.63) is 22.8 Å². The first-order chi connectivity index (χ1) is 8.37. The van der Waals surface area contributed by atoms with E-state index >= 15 is 0 Å². The van der Waals surface area contributed by atoms with Crippen LogP contribution in [0.2, 0.25) is 0 Å². The highest BCUT2D eigenvalue weighted by atomic mass is 16.4. The van der Waals surface area contributed by atoms with Crippen LogP contribution in [0.4, 0.5) is 0 Å². The van der Waals surface area contributed by atoms with Gasteiger partial charge in [-0.25, -0.2) is 4.79 Å². The van der Waals surface area contributed by atoms with E-state index in [0.717, 1.165) is 31.3 Å². The molecule has 0 spiro atoms. The molecule has 0 aromatic carbocycles. The highest BCUT2D eigenvalue weighted by Crippen LogP contribution is 2.48. The molecule has 0 saturated carbocycles. The van der Waals surface area contributed by atoms with Gasteiger partial charge in [-0.3, -0.25) is 0 Å². The second-order valence-corrected chi connectivity index (χ2v) is 5.74. The average molecular weight is 250 g/mol. The zero-order chi connectivity index (χ0) is 13.9. The number of hydrogen-bond donors (Lipinski definition) is 1. The van der Waals surface area contributed by atoms with Crippen LogP contribution in [0.5, 0.6) is 0 Å². The summed E-state index contributed by atoms with van der Waals surface area (Å²) in [4.78, 5) is 11.3. The highest BCUT2D eigenvalue weighted by Gasteiger charge is 2.38. The number of hydrogen-bond acceptors (Lipinski definition) is 1. The van der Waals surface area contributed by atoms with E-state index in [4.69, 9.17) is 0 Å². The number of carboxylic acids is 1. The molecule has 0 aliphatic heterocycles. The van der Waals surface area contributed by atoms with Crippen LogP contribution in [-0.4, -0.2) is 11.1 Å². The van der Waals surface area contributed by atoms with Gasteiger partial charge in [0.25, 0.3) is 0 Å². The molecule has 1 N–H and O–H groups in total. The summed E-state index contributed by atoms with van der Waals surface area (Å²) in [6, 6.07) is 0. The predicted molar refractivity (Wildman–Crippen MR) is 75.5 cm³/mol. The average Bonchev–Trinajstić information content (AvgIpc) is 2.33. The predicted octanol–water partition coefficient (Wildman–Crippen LogP) is 4.57. The first kappa shape index (κ1) is 15.0. The molecule has 2 unspecified atom stereocenters. The maximum absolute atomic E-state index is 11.3. The van der Waals surface area contributed by atoms with E-state index in [1.807, 2.05) is 0 Å². The second kappa shape index (κ2) is 5.73. The Morgan fingerprint density at radius 2 is 2.11 bits per heavy atom. The van der Waals surface area contributed by atoms with Crippen molar-refractivity contribution in [3.8, 4) is 0 Å². The normalized spacial score (nSPS) is 29.6. The fourth-order valence-electron chi connectivity index (χ4n) is 3.34. The lowest BCUT2D eigenvalue weighted by molar-refractivity contribution is -0.132. The molecule has 2 atom stereocenters. The van der Waals surface area contributed by atoms with Crippen molar-refractivity contribution in [1.82, 2.24) is 0 Å². The summed E-state index contributed by atoms with van der Waals surface area (Å²) in [5.41, 5.74) is 3.21. The topological polar surface area (TPSA) is 37.3 Å². The summed E-state index contributed by atoms with van der Waals surface area (Å²) in [5, 5.41) is 9.27. The van der Waals surface area contributed by atoms with Crippen LogP contribution in [0.1, 0.15) is 60.3 Å². The number of carbonyl (C=O) groups is 1. The van der Waals surface area contributed by atoms with Gasteiger partial charge in [-0.2, -0.15) is 0 Å². The van der Waals surface area contributed by atoms with Crippen LogP contribution in [0.3, 0.4) is 0 Å². The Labute approximate surface area is 111 Å². The fourth-order valence-corrected chi connectivity index (χ4v) is 3.34. The molecule has 102 valence electrons. The Bertz CT molecular complexity index is 390. The van der Waals surface area contributed by atoms with E-state index in [2.05, 4.69) is 33.8 Å². The highest BCUT2D eigenvalue weighted by molar-refractivity contribution is 5.87. The summed E-state index contributed by atoms with van der Waals surface area (Å²) in [5.74, 6) is -0.471. The molecule has 0 bridgehead atoms. The van der Waals surface area contributed by atoms with Gasteiger partial charge in [0.2, 0.25) is 0 Å². The summed E-state index contributed by atoms with van der Waals surface area (Å²) in [6.07, 6.45) is 6.48. The molecular formula is C16H26O2. The van der Waals surface area contributed by atoms with E-state index in [1.54, 1.807) is 6.92 Å². The molecule has 18 heavy (non-hydrogen) atoms. The molecule has 2 heteroatoms. The molecule has 0 saturated heterocycles. The Hall–Kier alpha value is -1.05. The van der Waals surface area contributed by atoms with Crippen LogP contribution < -0.4 is 0 Å². The lowest BCUT2D eigenvalue weighted by Gasteiger charge is -2.42.